The topological polar surface area (TPSA) is 58.2 Å². The summed E-state index contributed by atoms with van der Waals surface area (Å²) in [5.41, 5.74) is 1.00. The van der Waals surface area contributed by atoms with Gasteiger partial charge in [-0.25, -0.2) is 0 Å². The lowest BCUT2D eigenvalue weighted by Crippen LogP contribution is -2.32. The van der Waals surface area contributed by atoms with E-state index >= 15 is 0 Å². The van der Waals surface area contributed by atoms with Crippen LogP contribution in [0.25, 0.3) is 0 Å². The first-order valence-electron chi connectivity index (χ1n) is 6.12. The number of carbonyl (C=O) groups is 2. The molecule has 0 unspecified atom stereocenters. The average Bonchev–Trinajstić information content (AvgIpc) is 2.27. The summed E-state index contributed by atoms with van der Waals surface area (Å²) >= 11 is 0. The van der Waals surface area contributed by atoms with Gasteiger partial charge in [-0.2, -0.15) is 0 Å². The molecule has 0 radical (unpaired) electrons. The Balaban J connectivity index is 2.85. The molecule has 4 nitrogen and oxygen atoms in total. The first-order chi connectivity index (χ1) is 8.40. The van der Waals surface area contributed by atoms with Gasteiger partial charge in [-0.3, -0.25) is 9.59 Å². The molecule has 98 valence electrons. The summed E-state index contributed by atoms with van der Waals surface area (Å²) < 4.78 is 0. The molecule has 0 aliphatic heterocycles. The zero-order chi connectivity index (χ0) is 13.7. The second-order valence-electron chi connectivity index (χ2n) is 4.84. The summed E-state index contributed by atoms with van der Waals surface area (Å²) in [5, 5.41) is 5.59. The van der Waals surface area contributed by atoms with E-state index in [1.165, 1.54) is 0 Å². The molecule has 0 heterocycles. The predicted octanol–water partition coefficient (Wildman–Crippen LogP) is 1.96. The molecule has 0 aromatic heterocycles. The Hall–Kier alpha value is -1.84. The maximum Gasteiger partial charge on any atom is 0.251 e. The molecule has 0 bridgehead atoms. The van der Waals surface area contributed by atoms with Crippen LogP contribution < -0.4 is 10.6 Å². The van der Waals surface area contributed by atoms with Gasteiger partial charge in [0.05, 0.1) is 0 Å². The van der Waals surface area contributed by atoms with E-state index in [-0.39, 0.29) is 23.9 Å². The van der Waals surface area contributed by atoms with Gasteiger partial charge in [0, 0.05) is 23.2 Å². The first kappa shape index (κ1) is 14.2. The standard InChI is InChI=1S/C14H20N2O2/c1-9(2)15-13(17)11-6-5-7-12(8-11)14(18)16-10(3)4/h5-10H,1-4H3,(H,15,17)(H,16,18). The predicted molar refractivity (Wildman–Crippen MR) is 71.6 cm³/mol. The molecular formula is C14H20N2O2. The Morgan fingerprint density at radius 3 is 1.61 bits per heavy atom. The highest BCUT2D eigenvalue weighted by molar-refractivity contribution is 5.99. The fourth-order valence-electron chi connectivity index (χ4n) is 1.49. The average molecular weight is 248 g/mol. The van der Waals surface area contributed by atoms with E-state index in [9.17, 15) is 9.59 Å². The highest BCUT2D eigenvalue weighted by Crippen LogP contribution is 2.06. The monoisotopic (exact) mass is 248 g/mol. The minimum Gasteiger partial charge on any atom is -0.350 e. The third-order valence-electron chi connectivity index (χ3n) is 2.23. The summed E-state index contributed by atoms with van der Waals surface area (Å²) in [6, 6.07) is 6.87. The summed E-state index contributed by atoms with van der Waals surface area (Å²) in [4.78, 5) is 23.6. The number of rotatable bonds is 4. The fourth-order valence-corrected chi connectivity index (χ4v) is 1.49. The Bertz CT molecular complexity index is 402. The maximum atomic E-state index is 11.8. The number of benzene rings is 1. The molecule has 1 aromatic carbocycles. The van der Waals surface area contributed by atoms with Gasteiger partial charge in [0.1, 0.15) is 0 Å². The van der Waals surface area contributed by atoms with Crippen LogP contribution >= 0.6 is 0 Å². The van der Waals surface area contributed by atoms with Crippen molar-refractivity contribution in [3.63, 3.8) is 0 Å². The minimum atomic E-state index is -0.163. The van der Waals surface area contributed by atoms with Gasteiger partial charge in [0.25, 0.3) is 11.8 Å². The second kappa shape index (κ2) is 6.19. The van der Waals surface area contributed by atoms with E-state index in [1.54, 1.807) is 24.3 Å². The molecule has 0 aliphatic rings. The quantitative estimate of drug-likeness (QED) is 0.855. The molecule has 1 aromatic rings. The van der Waals surface area contributed by atoms with Crippen molar-refractivity contribution >= 4 is 11.8 Å². The van der Waals surface area contributed by atoms with Gasteiger partial charge in [-0.15, -0.1) is 0 Å². The van der Waals surface area contributed by atoms with Gasteiger partial charge >= 0.3 is 0 Å². The Morgan fingerprint density at radius 1 is 0.889 bits per heavy atom. The summed E-state index contributed by atoms with van der Waals surface area (Å²) in [5.74, 6) is -0.326. The van der Waals surface area contributed by atoms with Crippen molar-refractivity contribution in [3.8, 4) is 0 Å². The van der Waals surface area contributed by atoms with E-state index in [4.69, 9.17) is 0 Å². The van der Waals surface area contributed by atoms with Gasteiger partial charge < -0.3 is 10.6 Å². The molecule has 2 amide bonds. The van der Waals surface area contributed by atoms with Crippen LogP contribution in [-0.4, -0.2) is 23.9 Å². The Kier molecular flexibility index (Phi) is 4.89. The van der Waals surface area contributed by atoms with Gasteiger partial charge in [-0.05, 0) is 45.9 Å². The normalized spacial score (nSPS) is 10.6. The molecule has 18 heavy (non-hydrogen) atoms. The highest BCUT2D eigenvalue weighted by Gasteiger charge is 2.11. The van der Waals surface area contributed by atoms with Crippen molar-refractivity contribution < 1.29 is 9.59 Å². The van der Waals surface area contributed by atoms with Crippen LogP contribution in [-0.2, 0) is 0 Å². The van der Waals surface area contributed by atoms with E-state index < -0.39 is 0 Å². The largest absolute Gasteiger partial charge is 0.350 e. The summed E-state index contributed by atoms with van der Waals surface area (Å²) in [6.07, 6.45) is 0. The van der Waals surface area contributed by atoms with Crippen LogP contribution in [0.3, 0.4) is 0 Å². The molecule has 1 rings (SSSR count). The Labute approximate surface area is 108 Å². The number of hydrogen-bond donors (Lipinski definition) is 2. The second-order valence-corrected chi connectivity index (χ2v) is 4.84. The van der Waals surface area contributed by atoms with E-state index in [0.29, 0.717) is 11.1 Å². The van der Waals surface area contributed by atoms with Crippen molar-refractivity contribution in [1.82, 2.24) is 10.6 Å². The van der Waals surface area contributed by atoms with Crippen LogP contribution in [0, 0.1) is 0 Å². The third-order valence-corrected chi connectivity index (χ3v) is 2.23. The number of hydrogen-bond acceptors (Lipinski definition) is 2. The molecule has 2 N–H and O–H groups in total. The van der Waals surface area contributed by atoms with Gasteiger partial charge in [0.15, 0.2) is 0 Å². The molecule has 4 heteroatoms. The maximum absolute atomic E-state index is 11.8. The molecule has 0 fully saturated rings. The van der Waals surface area contributed by atoms with Crippen LogP contribution in [0.1, 0.15) is 48.4 Å². The molecule has 0 spiro atoms. The molecule has 0 saturated carbocycles. The Morgan fingerprint density at radius 2 is 1.28 bits per heavy atom. The molecule has 0 aliphatic carbocycles. The lowest BCUT2D eigenvalue weighted by atomic mass is 10.1. The van der Waals surface area contributed by atoms with Crippen LogP contribution in [0.15, 0.2) is 24.3 Å². The molecule has 0 atom stereocenters. The zero-order valence-corrected chi connectivity index (χ0v) is 11.3. The van der Waals surface area contributed by atoms with Crippen LogP contribution in [0.2, 0.25) is 0 Å². The molecular weight excluding hydrogens is 228 g/mol. The van der Waals surface area contributed by atoms with Crippen molar-refractivity contribution in [2.45, 2.75) is 39.8 Å². The van der Waals surface area contributed by atoms with Crippen molar-refractivity contribution in [2.24, 2.45) is 0 Å². The van der Waals surface area contributed by atoms with E-state index in [2.05, 4.69) is 10.6 Å². The first-order valence-corrected chi connectivity index (χ1v) is 6.12. The minimum absolute atomic E-state index is 0.0747. The summed E-state index contributed by atoms with van der Waals surface area (Å²) in [6.45, 7) is 7.58. The lowest BCUT2D eigenvalue weighted by Gasteiger charge is -2.11. The number of amides is 2. The van der Waals surface area contributed by atoms with Crippen LogP contribution in [0.4, 0.5) is 0 Å². The van der Waals surface area contributed by atoms with Crippen LogP contribution in [0.5, 0.6) is 0 Å². The molecule has 0 saturated heterocycles. The van der Waals surface area contributed by atoms with Crippen molar-refractivity contribution in [1.29, 1.82) is 0 Å². The fraction of sp³-hybridized carbons (Fsp3) is 0.429. The lowest BCUT2D eigenvalue weighted by molar-refractivity contribution is 0.0942. The van der Waals surface area contributed by atoms with Gasteiger partial charge in [0.2, 0.25) is 0 Å². The van der Waals surface area contributed by atoms with E-state index in [1.807, 2.05) is 27.7 Å². The van der Waals surface area contributed by atoms with Gasteiger partial charge in [-0.1, -0.05) is 6.07 Å². The number of nitrogens with one attached hydrogen (secondary N) is 2. The summed E-state index contributed by atoms with van der Waals surface area (Å²) in [7, 11) is 0. The van der Waals surface area contributed by atoms with E-state index in [0.717, 1.165) is 0 Å². The smallest absolute Gasteiger partial charge is 0.251 e. The SMILES string of the molecule is CC(C)NC(=O)c1cccc(C(=O)NC(C)C)c1. The highest BCUT2D eigenvalue weighted by atomic mass is 16.2. The van der Waals surface area contributed by atoms with Crippen molar-refractivity contribution in [2.75, 3.05) is 0 Å². The number of carbonyl (C=O) groups excluding carboxylic acids is 2. The van der Waals surface area contributed by atoms with Crippen molar-refractivity contribution in [3.05, 3.63) is 35.4 Å². The zero-order valence-electron chi connectivity index (χ0n) is 11.3. The third kappa shape index (κ3) is 4.20.